The van der Waals surface area contributed by atoms with Gasteiger partial charge in [-0.3, -0.25) is 9.59 Å². The fraction of sp³-hybridized carbons (Fsp3) is 0.900. The van der Waals surface area contributed by atoms with Crippen LogP contribution < -0.4 is 5.32 Å². The predicted molar refractivity (Wildman–Crippen MR) is 287 cm³/mol. The number of amides is 1. The number of allylic oxidation sites excluding steroid dienone is 4. The van der Waals surface area contributed by atoms with E-state index in [4.69, 9.17) is 4.74 Å². The molecule has 2 unspecified atom stereocenters. The van der Waals surface area contributed by atoms with Crippen molar-refractivity contribution < 1.29 is 24.5 Å². The van der Waals surface area contributed by atoms with Crippen molar-refractivity contribution in [2.45, 2.75) is 334 Å². The predicted octanol–water partition coefficient (Wildman–Crippen LogP) is 18.2. The fourth-order valence-electron chi connectivity index (χ4n) is 9.15. The first-order valence-corrected chi connectivity index (χ1v) is 29.6. The molecule has 66 heavy (non-hydrogen) atoms. The van der Waals surface area contributed by atoms with Crippen molar-refractivity contribution in [3.8, 4) is 0 Å². The van der Waals surface area contributed by atoms with Gasteiger partial charge >= 0.3 is 5.97 Å². The van der Waals surface area contributed by atoms with Crippen molar-refractivity contribution in [2.24, 2.45) is 0 Å². The lowest BCUT2D eigenvalue weighted by molar-refractivity contribution is -0.143. The zero-order valence-corrected chi connectivity index (χ0v) is 44.4. The molecule has 0 spiro atoms. The first-order chi connectivity index (χ1) is 32.5. The van der Waals surface area contributed by atoms with Crippen LogP contribution >= 0.6 is 0 Å². The normalized spacial score (nSPS) is 12.7. The van der Waals surface area contributed by atoms with Crippen LogP contribution in [0.1, 0.15) is 322 Å². The van der Waals surface area contributed by atoms with Gasteiger partial charge in [0, 0.05) is 12.8 Å². The fourth-order valence-corrected chi connectivity index (χ4v) is 9.15. The number of carbonyl (C=O) groups is 2. The number of rotatable bonds is 55. The summed E-state index contributed by atoms with van der Waals surface area (Å²) in [7, 11) is 0. The molecule has 0 saturated heterocycles. The molecule has 0 bridgehead atoms. The van der Waals surface area contributed by atoms with Gasteiger partial charge in [0.15, 0.2) is 0 Å². The third kappa shape index (κ3) is 51.7. The minimum Gasteiger partial charge on any atom is -0.466 e. The zero-order valence-electron chi connectivity index (χ0n) is 44.4. The lowest BCUT2D eigenvalue weighted by Crippen LogP contribution is -2.45. The Hall–Kier alpha value is -1.66. The van der Waals surface area contributed by atoms with E-state index >= 15 is 0 Å². The van der Waals surface area contributed by atoms with Crippen molar-refractivity contribution >= 4 is 11.9 Å². The number of nitrogens with one attached hydrogen (secondary N) is 1. The maximum absolute atomic E-state index is 12.5. The second kappa shape index (κ2) is 55.9. The number of aliphatic hydroxyl groups excluding tert-OH is 2. The lowest BCUT2D eigenvalue weighted by Gasteiger charge is -2.22. The summed E-state index contributed by atoms with van der Waals surface area (Å²) in [6.45, 7) is 4.91. The molecular formula is C60H115NO5. The van der Waals surface area contributed by atoms with Crippen LogP contribution in [0.25, 0.3) is 0 Å². The Balaban J connectivity index is 3.46. The number of ether oxygens (including phenoxy) is 1. The van der Waals surface area contributed by atoms with Crippen LogP contribution in [0, 0.1) is 0 Å². The van der Waals surface area contributed by atoms with Crippen LogP contribution in [-0.4, -0.2) is 47.4 Å². The monoisotopic (exact) mass is 930 g/mol. The standard InChI is InChI=1S/C60H115NO5/c1-3-5-7-9-11-13-15-16-17-18-19-20-21-23-26-29-33-36-40-44-48-52-58(63)57(56-62)61-59(64)53-49-45-41-37-34-30-27-24-22-25-28-31-35-39-43-47-51-55-66-60(65)54-50-46-42-38-32-14-12-10-8-6-4-2/h10,12,22,25,57-58,62-63H,3-9,11,13-21,23-24,26-56H2,1-2H3,(H,61,64)/b12-10-,25-22-. The Kier molecular flexibility index (Phi) is 54.5. The molecule has 3 N–H and O–H groups in total. The minimum absolute atomic E-state index is 0.0125. The zero-order chi connectivity index (χ0) is 47.9. The van der Waals surface area contributed by atoms with Gasteiger partial charge in [0.05, 0.1) is 25.4 Å². The van der Waals surface area contributed by atoms with E-state index in [0.29, 0.717) is 25.9 Å². The molecule has 0 aliphatic heterocycles. The van der Waals surface area contributed by atoms with Gasteiger partial charge in [-0.1, -0.05) is 263 Å². The topological polar surface area (TPSA) is 95.9 Å². The molecule has 0 aromatic heterocycles. The number of carbonyl (C=O) groups excluding carboxylic acids is 2. The number of aliphatic hydroxyl groups is 2. The number of hydrogen-bond donors (Lipinski definition) is 3. The van der Waals surface area contributed by atoms with Gasteiger partial charge in [-0.15, -0.1) is 0 Å². The van der Waals surface area contributed by atoms with Crippen molar-refractivity contribution in [1.82, 2.24) is 5.32 Å². The quantitative estimate of drug-likeness (QED) is 0.0321. The molecule has 0 aromatic rings. The molecule has 0 aliphatic carbocycles. The van der Waals surface area contributed by atoms with Crippen LogP contribution in [0.15, 0.2) is 24.3 Å². The second-order valence-electron chi connectivity index (χ2n) is 20.3. The number of hydrogen-bond acceptors (Lipinski definition) is 5. The summed E-state index contributed by atoms with van der Waals surface area (Å²) in [4.78, 5) is 24.5. The lowest BCUT2D eigenvalue weighted by atomic mass is 10.0. The van der Waals surface area contributed by atoms with Crippen LogP contribution in [0.5, 0.6) is 0 Å². The van der Waals surface area contributed by atoms with Gasteiger partial charge in [-0.05, 0) is 70.6 Å². The van der Waals surface area contributed by atoms with Gasteiger partial charge < -0.3 is 20.3 Å². The highest BCUT2D eigenvalue weighted by Gasteiger charge is 2.20. The third-order valence-electron chi connectivity index (χ3n) is 13.7. The number of unbranched alkanes of at least 4 members (excludes halogenated alkanes) is 40. The Morgan fingerprint density at radius 1 is 0.409 bits per heavy atom. The molecule has 0 rings (SSSR count). The van der Waals surface area contributed by atoms with Gasteiger partial charge in [0.2, 0.25) is 5.91 Å². The Bertz CT molecular complexity index is 1030. The summed E-state index contributed by atoms with van der Waals surface area (Å²) in [6.07, 6.45) is 67.4. The highest BCUT2D eigenvalue weighted by atomic mass is 16.5. The molecule has 6 nitrogen and oxygen atoms in total. The first kappa shape index (κ1) is 64.3. The van der Waals surface area contributed by atoms with Crippen LogP contribution in [0.4, 0.5) is 0 Å². The van der Waals surface area contributed by atoms with Crippen LogP contribution in [-0.2, 0) is 14.3 Å². The summed E-state index contributed by atoms with van der Waals surface area (Å²) in [5.41, 5.74) is 0. The third-order valence-corrected chi connectivity index (χ3v) is 13.7. The summed E-state index contributed by atoms with van der Waals surface area (Å²) < 4.78 is 5.44. The SMILES string of the molecule is CCCC/C=C\CCCCCCCC(=O)OCCCCCCCC/C=C\CCCCCCCCCC(=O)NC(CO)C(O)CCCCCCCCCCCCCCCCCCCCCCC. The molecule has 1 amide bonds. The highest BCUT2D eigenvalue weighted by Crippen LogP contribution is 2.17. The summed E-state index contributed by atoms with van der Waals surface area (Å²) in [5.74, 6) is -0.0570. The molecule has 0 aromatic carbocycles. The Labute approximate surface area is 411 Å². The van der Waals surface area contributed by atoms with Crippen molar-refractivity contribution in [2.75, 3.05) is 13.2 Å². The average molecular weight is 931 g/mol. The maximum atomic E-state index is 12.5. The summed E-state index contributed by atoms with van der Waals surface area (Å²) >= 11 is 0. The van der Waals surface area contributed by atoms with E-state index in [0.717, 1.165) is 57.8 Å². The summed E-state index contributed by atoms with van der Waals surface area (Å²) in [6, 6.07) is -0.551. The minimum atomic E-state index is -0.673. The van der Waals surface area contributed by atoms with Gasteiger partial charge in [0.25, 0.3) is 0 Å². The van der Waals surface area contributed by atoms with Crippen molar-refractivity contribution in [1.29, 1.82) is 0 Å². The summed E-state index contributed by atoms with van der Waals surface area (Å²) in [5, 5.41) is 23.3. The highest BCUT2D eigenvalue weighted by molar-refractivity contribution is 5.76. The Morgan fingerprint density at radius 2 is 0.727 bits per heavy atom. The molecule has 6 heteroatoms. The van der Waals surface area contributed by atoms with E-state index in [1.807, 2.05) is 0 Å². The molecular weight excluding hydrogens is 815 g/mol. The van der Waals surface area contributed by atoms with Crippen molar-refractivity contribution in [3.05, 3.63) is 24.3 Å². The molecule has 2 atom stereocenters. The molecule has 0 aliphatic rings. The van der Waals surface area contributed by atoms with Gasteiger partial charge in [-0.2, -0.15) is 0 Å². The van der Waals surface area contributed by atoms with E-state index < -0.39 is 12.1 Å². The van der Waals surface area contributed by atoms with Crippen molar-refractivity contribution in [3.63, 3.8) is 0 Å². The largest absolute Gasteiger partial charge is 0.466 e. The molecule has 0 saturated carbocycles. The molecule has 0 fully saturated rings. The van der Waals surface area contributed by atoms with E-state index in [1.54, 1.807) is 0 Å². The average Bonchev–Trinajstić information content (AvgIpc) is 3.32. The van der Waals surface area contributed by atoms with Gasteiger partial charge in [-0.25, -0.2) is 0 Å². The maximum Gasteiger partial charge on any atom is 0.305 e. The van der Waals surface area contributed by atoms with E-state index in [9.17, 15) is 19.8 Å². The molecule has 0 radical (unpaired) electrons. The number of esters is 1. The Morgan fingerprint density at radius 3 is 1.12 bits per heavy atom. The van der Waals surface area contributed by atoms with E-state index in [-0.39, 0.29) is 18.5 Å². The second-order valence-corrected chi connectivity index (χ2v) is 20.3. The van der Waals surface area contributed by atoms with Crippen LogP contribution in [0.2, 0.25) is 0 Å². The first-order valence-electron chi connectivity index (χ1n) is 29.6. The molecule has 0 heterocycles. The van der Waals surface area contributed by atoms with Gasteiger partial charge in [0.1, 0.15) is 0 Å². The van der Waals surface area contributed by atoms with E-state index in [1.165, 1.54) is 231 Å². The van der Waals surface area contributed by atoms with Crippen LogP contribution in [0.3, 0.4) is 0 Å². The van der Waals surface area contributed by atoms with E-state index in [2.05, 4.69) is 43.5 Å². The smallest absolute Gasteiger partial charge is 0.305 e. The molecule has 390 valence electrons.